The molecule has 0 saturated carbocycles. The van der Waals surface area contributed by atoms with Crippen molar-refractivity contribution in [1.82, 2.24) is 19.9 Å². The van der Waals surface area contributed by atoms with E-state index in [1.165, 1.54) is 0 Å². The molecule has 1 N–H and O–H groups in total. The average Bonchev–Trinajstić information content (AvgIpc) is 3.28. The zero-order chi connectivity index (χ0) is 23.2. The van der Waals surface area contributed by atoms with Crippen molar-refractivity contribution in [2.24, 2.45) is 0 Å². The molecule has 0 radical (unpaired) electrons. The van der Waals surface area contributed by atoms with Gasteiger partial charge < -0.3 is 10.1 Å². The number of hydrogen-bond donors (Lipinski definition) is 1. The first-order valence-corrected chi connectivity index (χ1v) is 10.6. The van der Waals surface area contributed by atoms with E-state index < -0.39 is 0 Å². The fourth-order valence-corrected chi connectivity index (χ4v) is 3.32. The van der Waals surface area contributed by atoms with Gasteiger partial charge in [-0.2, -0.15) is 0 Å². The van der Waals surface area contributed by atoms with Crippen molar-refractivity contribution in [1.29, 1.82) is 0 Å². The smallest absolute Gasteiger partial charge is 0.258 e. The van der Waals surface area contributed by atoms with Crippen LogP contribution < -0.4 is 10.1 Å². The molecule has 0 saturated heterocycles. The molecular formula is C25H21ClN4O3. The molecule has 2 aromatic heterocycles. The Morgan fingerprint density at radius 1 is 0.970 bits per heavy atom. The molecule has 0 fully saturated rings. The van der Waals surface area contributed by atoms with Crippen molar-refractivity contribution in [2.75, 3.05) is 6.61 Å². The van der Waals surface area contributed by atoms with Crippen LogP contribution in [0.1, 0.15) is 27.3 Å². The molecule has 4 aromatic rings. The van der Waals surface area contributed by atoms with Crippen molar-refractivity contribution in [3.05, 3.63) is 107 Å². The molecule has 0 unspecified atom stereocenters. The van der Waals surface area contributed by atoms with E-state index in [4.69, 9.17) is 16.3 Å². The minimum absolute atomic E-state index is 0.112. The van der Waals surface area contributed by atoms with E-state index >= 15 is 0 Å². The van der Waals surface area contributed by atoms with E-state index in [0.717, 1.165) is 17.2 Å². The minimum Gasteiger partial charge on any atom is -0.484 e. The first kappa shape index (κ1) is 22.2. The predicted molar refractivity (Wildman–Crippen MR) is 125 cm³/mol. The molecule has 0 atom stereocenters. The van der Waals surface area contributed by atoms with Crippen LogP contribution in [0.2, 0.25) is 5.02 Å². The van der Waals surface area contributed by atoms with Crippen LogP contribution in [-0.4, -0.2) is 32.8 Å². The summed E-state index contributed by atoms with van der Waals surface area (Å²) in [4.78, 5) is 33.3. The Balaban J connectivity index is 1.28. The van der Waals surface area contributed by atoms with Gasteiger partial charge in [-0.25, -0.2) is 9.97 Å². The maximum atomic E-state index is 12.5. The Kier molecular flexibility index (Phi) is 6.80. The number of halogens is 1. The van der Waals surface area contributed by atoms with Gasteiger partial charge in [0, 0.05) is 41.3 Å². The van der Waals surface area contributed by atoms with E-state index in [-0.39, 0.29) is 18.3 Å². The second-order valence-electron chi connectivity index (χ2n) is 7.29. The third kappa shape index (κ3) is 5.64. The third-order valence-electron chi connectivity index (χ3n) is 4.97. The molecule has 0 aliphatic rings. The lowest BCUT2D eigenvalue weighted by Crippen LogP contribution is -2.28. The summed E-state index contributed by atoms with van der Waals surface area (Å²) in [6, 6.07) is 17.1. The number of amides is 1. The molecule has 166 valence electrons. The largest absolute Gasteiger partial charge is 0.484 e. The van der Waals surface area contributed by atoms with Crippen molar-refractivity contribution < 1.29 is 14.3 Å². The summed E-state index contributed by atoms with van der Waals surface area (Å²) < 4.78 is 7.42. The Labute approximate surface area is 196 Å². The van der Waals surface area contributed by atoms with Crippen LogP contribution in [0.4, 0.5) is 0 Å². The molecule has 33 heavy (non-hydrogen) atoms. The van der Waals surface area contributed by atoms with Gasteiger partial charge in [0.05, 0.1) is 0 Å². The molecule has 2 aromatic carbocycles. The van der Waals surface area contributed by atoms with Gasteiger partial charge in [-0.1, -0.05) is 11.6 Å². The number of rotatable bonds is 8. The number of ether oxygens (including phenoxy) is 1. The number of aromatic nitrogens is 3. The summed E-state index contributed by atoms with van der Waals surface area (Å²) in [7, 11) is 0. The van der Waals surface area contributed by atoms with Crippen LogP contribution in [0.3, 0.4) is 0 Å². The van der Waals surface area contributed by atoms with E-state index in [9.17, 15) is 9.59 Å². The summed E-state index contributed by atoms with van der Waals surface area (Å²) in [5.41, 5.74) is 1.98. The van der Waals surface area contributed by atoms with Gasteiger partial charge in [-0.15, -0.1) is 0 Å². The maximum absolute atomic E-state index is 12.5. The summed E-state index contributed by atoms with van der Waals surface area (Å²) in [5, 5.41) is 3.41. The number of nitrogens with zero attached hydrogens (tertiary/aromatic N) is 3. The number of aryl methyl sites for hydroxylation is 1. The number of nitrogens with one attached hydrogen (secondary N) is 1. The highest BCUT2D eigenvalue weighted by atomic mass is 35.5. The highest BCUT2D eigenvalue weighted by Crippen LogP contribution is 2.17. The zero-order valence-electron chi connectivity index (χ0n) is 17.9. The monoisotopic (exact) mass is 460 g/mol. The normalized spacial score (nSPS) is 10.6. The Morgan fingerprint density at radius 3 is 2.33 bits per heavy atom. The van der Waals surface area contributed by atoms with Crippen LogP contribution in [-0.2, 0) is 11.3 Å². The number of carbonyl (C=O) groups is 2. The van der Waals surface area contributed by atoms with Crippen LogP contribution in [0.5, 0.6) is 5.75 Å². The second-order valence-corrected chi connectivity index (χ2v) is 7.73. The van der Waals surface area contributed by atoms with Gasteiger partial charge in [0.15, 0.2) is 12.4 Å². The first-order valence-electron chi connectivity index (χ1n) is 10.2. The molecule has 8 heteroatoms. The summed E-state index contributed by atoms with van der Waals surface area (Å²) in [6.45, 7) is 2.11. The lowest BCUT2D eigenvalue weighted by Gasteiger charge is -2.10. The van der Waals surface area contributed by atoms with E-state index in [1.807, 2.05) is 29.8 Å². The molecule has 2 heterocycles. The van der Waals surface area contributed by atoms with Crippen molar-refractivity contribution in [2.45, 2.75) is 13.5 Å². The first-order chi connectivity index (χ1) is 16.0. The lowest BCUT2D eigenvalue weighted by atomic mass is 10.0. The van der Waals surface area contributed by atoms with Crippen LogP contribution >= 0.6 is 11.6 Å². The minimum atomic E-state index is -0.256. The average molecular weight is 461 g/mol. The third-order valence-corrected chi connectivity index (χ3v) is 5.22. The Bertz CT molecular complexity index is 1270. The van der Waals surface area contributed by atoms with Gasteiger partial charge >= 0.3 is 0 Å². The number of imidazole rings is 1. The number of benzene rings is 2. The molecule has 0 bridgehead atoms. The highest BCUT2D eigenvalue weighted by Gasteiger charge is 2.10. The van der Waals surface area contributed by atoms with Gasteiger partial charge in [0.2, 0.25) is 0 Å². The van der Waals surface area contributed by atoms with Gasteiger partial charge in [0.1, 0.15) is 17.4 Å². The summed E-state index contributed by atoms with van der Waals surface area (Å²) in [6.07, 6.45) is 5.24. The quantitative estimate of drug-likeness (QED) is 0.399. The fraction of sp³-hybridized carbons (Fsp3) is 0.120. The fourth-order valence-electron chi connectivity index (χ4n) is 3.19. The predicted octanol–water partition coefficient (Wildman–Crippen LogP) is 4.16. The maximum Gasteiger partial charge on any atom is 0.258 e. The van der Waals surface area contributed by atoms with Crippen LogP contribution in [0.25, 0.3) is 5.82 Å². The van der Waals surface area contributed by atoms with Crippen molar-refractivity contribution in [3.63, 3.8) is 0 Å². The molecule has 0 spiro atoms. The van der Waals surface area contributed by atoms with Gasteiger partial charge in [-0.3, -0.25) is 14.2 Å². The number of ketones is 1. The molecular weight excluding hydrogens is 440 g/mol. The summed E-state index contributed by atoms with van der Waals surface area (Å²) >= 11 is 5.87. The van der Waals surface area contributed by atoms with Crippen molar-refractivity contribution in [3.8, 4) is 11.6 Å². The van der Waals surface area contributed by atoms with Gasteiger partial charge in [-0.05, 0) is 73.2 Å². The van der Waals surface area contributed by atoms with E-state index in [2.05, 4.69) is 15.3 Å². The van der Waals surface area contributed by atoms with E-state index in [1.54, 1.807) is 60.9 Å². The Hall–Kier alpha value is -3.97. The highest BCUT2D eigenvalue weighted by molar-refractivity contribution is 6.30. The standard InChI is InChI=1S/C25H21ClN4O3/c1-17-27-12-13-30(17)23-14-18(10-11-28-23)15-29-24(31)16-33-22-8-4-20(5-9-22)25(32)19-2-6-21(26)7-3-19/h2-14H,15-16H2,1H3,(H,29,31). The molecule has 0 aliphatic carbocycles. The topological polar surface area (TPSA) is 86.1 Å². The van der Waals surface area contributed by atoms with Crippen LogP contribution in [0.15, 0.2) is 79.3 Å². The SMILES string of the molecule is Cc1nccn1-c1cc(CNC(=O)COc2ccc(C(=O)c3ccc(Cl)cc3)cc2)ccn1. The second kappa shape index (κ2) is 10.1. The van der Waals surface area contributed by atoms with Crippen molar-refractivity contribution >= 4 is 23.3 Å². The molecule has 7 nitrogen and oxygen atoms in total. The summed E-state index contributed by atoms with van der Waals surface area (Å²) in [5.74, 6) is 1.70. The molecule has 4 rings (SSSR count). The number of carbonyl (C=O) groups excluding carboxylic acids is 2. The molecule has 1 amide bonds. The van der Waals surface area contributed by atoms with E-state index in [0.29, 0.717) is 28.4 Å². The number of hydrogen-bond acceptors (Lipinski definition) is 5. The van der Waals surface area contributed by atoms with Crippen LogP contribution in [0, 0.1) is 6.92 Å². The van der Waals surface area contributed by atoms with Gasteiger partial charge in [0.25, 0.3) is 5.91 Å². The lowest BCUT2D eigenvalue weighted by molar-refractivity contribution is -0.123. The number of pyridine rings is 1. The molecule has 0 aliphatic heterocycles. The zero-order valence-corrected chi connectivity index (χ0v) is 18.6. The Morgan fingerprint density at radius 2 is 1.67 bits per heavy atom.